The molecule has 5 heteroatoms. The van der Waals surface area contributed by atoms with E-state index in [1.807, 2.05) is 20.8 Å². The van der Waals surface area contributed by atoms with E-state index < -0.39 is 12.0 Å². The van der Waals surface area contributed by atoms with Gasteiger partial charge in [0.05, 0.1) is 6.10 Å². The van der Waals surface area contributed by atoms with Crippen molar-refractivity contribution in [1.29, 1.82) is 0 Å². The Morgan fingerprint density at radius 3 is 2.47 bits per heavy atom. The summed E-state index contributed by atoms with van der Waals surface area (Å²) >= 11 is 0. The second-order valence-electron chi connectivity index (χ2n) is 5.71. The molecule has 1 atom stereocenters. The van der Waals surface area contributed by atoms with Crippen molar-refractivity contribution in [1.82, 2.24) is 5.32 Å². The predicted octanol–water partition coefficient (Wildman–Crippen LogP) is 1.81. The van der Waals surface area contributed by atoms with Crippen LogP contribution in [-0.2, 0) is 14.3 Å². The van der Waals surface area contributed by atoms with Gasteiger partial charge < -0.3 is 15.2 Å². The number of amides is 1. The predicted molar refractivity (Wildman–Crippen MR) is 71.8 cm³/mol. The quantitative estimate of drug-likeness (QED) is 0.706. The maximum absolute atomic E-state index is 11.8. The van der Waals surface area contributed by atoms with Crippen molar-refractivity contribution in [2.24, 2.45) is 11.8 Å². The van der Waals surface area contributed by atoms with Gasteiger partial charge >= 0.3 is 5.97 Å². The first kappa shape index (κ1) is 16.0. The monoisotopic (exact) mass is 271 g/mol. The van der Waals surface area contributed by atoms with Gasteiger partial charge in [0.2, 0.25) is 5.91 Å². The lowest BCUT2D eigenvalue weighted by atomic mass is 9.80. The number of aliphatic carboxylic acids is 1. The molecule has 0 aromatic carbocycles. The maximum atomic E-state index is 11.8. The topological polar surface area (TPSA) is 75.6 Å². The molecule has 1 aliphatic carbocycles. The van der Waals surface area contributed by atoms with Crippen LogP contribution in [0.1, 0.15) is 46.5 Å². The summed E-state index contributed by atoms with van der Waals surface area (Å²) in [6.07, 6.45) is 2.97. The molecule has 1 rings (SSSR count). The summed E-state index contributed by atoms with van der Waals surface area (Å²) in [5.74, 6) is -0.534. The molecular formula is C14H25NO4. The fourth-order valence-corrected chi connectivity index (χ4v) is 2.42. The summed E-state index contributed by atoms with van der Waals surface area (Å²) < 4.78 is 5.44. The van der Waals surface area contributed by atoms with E-state index in [4.69, 9.17) is 9.84 Å². The number of carbonyl (C=O) groups excluding carboxylic acids is 1. The molecule has 1 saturated carbocycles. The Balaban J connectivity index is 2.28. The van der Waals surface area contributed by atoms with Crippen LogP contribution < -0.4 is 5.32 Å². The Morgan fingerprint density at radius 2 is 2.00 bits per heavy atom. The molecule has 5 nitrogen and oxygen atoms in total. The molecule has 2 N–H and O–H groups in total. The van der Waals surface area contributed by atoms with E-state index in [9.17, 15) is 9.59 Å². The summed E-state index contributed by atoms with van der Waals surface area (Å²) in [5.41, 5.74) is 0. The summed E-state index contributed by atoms with van der Waals surface area (Å²) in [6.45, 7) is 6.56. The van der Waals surface area contributed by atoms with Crippen LogP contribution in [0, 0.1) is 11.8 Å². The van der Waals surface area contributed by atoms with Gasteiger partial charge in [-0.3, -0.25) is 4.79 Å². The van der Waals surface area contributed by atoms with Gasteiger partial charge in [0.25, 0.3) is 0 Å². The third kappa shape index (κ3) is 5.59. The molecule has 1 amide bonds. The minimum atomic E-state index is -0.956. The Bertz CT molecular complexity index is 311. The van der Waals surface area contributed by atoms with Gasteiger partial charge in [-0.05, 0) is 38.0 Å². The number of hydrogen-bond acceptors (Lipinski definition) is 3. The molecule has 0 bridgehead atoms. The molecule has 0 heterocycles. The minimum absolute atomic E-state index is 0.159. The van der Waals surface area contributed by atoms with Crippen molar-refractivity contribution in [2.75, 3.05) is 6.61 Å². The van der Waals surface area contributed by atoms with Gasteiger partial charge in [0, 0.05) is 13.0 Å². The highest BCUT2D eigenvalue weighted by Gasteiger charge is 2.32. The van der Waals surface area contributed by atoms with Crippen molar-refractivity contribution >= 4 is 11.9 Å². The number of hydrogen-bond donors (Lipinski definition) is 2. The number of ether oxygens (including phenoxy) is 1. The van der Waals surface area contributed by atoms with Gasteiger partial charge in [-0.15, -0.1) is 0 Å². The fraction of sp³-hybridized carbons (Fsp3) is 0.857. The first-order valence-electron chi connectivity index (χ1n) is 7.06. The average molecular weight is 271 g/mol. The molecule has 0 aromatic rings. The molecule has 0 spiro atoms. The van der Waals surface area contributed by atoms with E-state index >= 15 is 0 Å². The van der Waals surface area contributed by atoms with E-state index in [2.05, 4.69) is 5.32 Å². The molecule has 1 aliphatic rings. The van der Waals surface area contributed by atoms with E-state index in [1.165, 1.54) is 0 Å². The normalized spacial score (nSPS) is 23.8. The van der Waals surface area contributed by atoms with Crippen LogP contribution in [0.5, 0.6) is 0 Å². The zero-order valence-electron chi connectivity index (χ0n) is 12.0. The summed E-state index contributed by atoms with van der Waals surface area (Å²) in [4.78, 5) is 22.8. The highest BCUT2D eigenvalue weighted by atomic mass is 16.5. The van der Waals surface area contributed by atoms with E-state index in [1.54, 1.807) is 0 Å². The highest BCUT2D eigenvalue weighted by Crippen LogP contribution is 2.32. The van der Waals surface area contributed by atoms with Crippen LogP contribution in [0.25, 0.3) is 0 Å². The van der Waals surface area contributed by atoms with Gasteiger partial charge in [-0.1, -0.05) is 13.8 Å². The van der Waals surface area contributed by atoms with Crippen LogP contribution >= 0.6 is 0 Å². The number of rotatable bonds is 8. The highest BCUT2D eigenvalue weighted by molar-refractivity contribution is 5.83. The zero-order chi connectivity index (χ0) is 14.4. The standard InChI is InChI=1S/C14H25NO4/c1-4-19-11-6-10(7-11)8-13(16)15-12(14(17)18)5-9(2)3/h9-12H,4-8H2,1-3H3,(H,15,16)(H,17,18). The SMILES string of the molecule is CCOC1CC(CC(=O)NC(CC(C)C)C(=O)O)C1. The molecule has 110 valence electrons. The number of carbonyl (C=O) groups is 2. The lowest BCUT2D eigenvalue weighted by Crippen LogP contribution is -2.43. The number of carboxylic acid groups (broad SMARTS) is 1. The Hall–Kier alpha value is -1.10. The molecule has 1 unspecified atom stereocenters. The van der Waals surface area contributed by atoms with Crippen LogP contribution in [0.4, 0.5) is 0 Å². The molecule has 0 saturated heterocycles. The second-order valence-corrected chi connectivity index (χ2v) is 5.71. The number of nitrogens with one attached hydrogen (secondary N) is 1. The smallest absolute Gasteiger partial charge is 0.326 e. The summed E-state index contributed by atoms with van der Waals surface area (Å²) in [6, 6.07) is -0.768. The summed E-state index contributed by atoms with van der Waals surface area (Å²) in [5, 5.41) is 11.7. The average Bonchev–Trinajstić information content (AvgIpc) is 2.24. The van der Waals surface area contributed by atoms with Crippen LogP contribution in [0.3, 0.4) is 0 Å². The van der Waals surface area contributed by atoms with Crippen LogP contribution in [-0.4, -0.2) is 35.7 Å². The van der Waals surface area contributed by atoms with Crippen LogP contribution in [0.15, 0.2) is 0 Å². The Kier molecular flexibility index (Phi) is 6.28. The lowest BCUT2D eigenvalue weighted by Gasteiger charge is -2.34. The lowest BCUT2D eigenvalue weighted by molar-refractivity contribution is -0.142. The Morgan fingerprint density at radius 1 is 1.37 bits per heavy atom. The van der Waals surface area contributed by atoms with Crippen molar-refractivity contribution in [3.63, 3.8) is 0 Å². The molecule has 0 aromatic heterocycles. The fourth-order valence-electron chi connectivity index (χ4n) is 2.42. The minimum Gasteiger partial charge on any atom is -0.480 e. The van der Waals surface area contributed by atoms with Gasteiger partial charge in [0.1, 0.15) is 6.04 Å². The van der Waals surface area contributed by atoms with E-state index in [0.717, 1.165) is 12.8 Å². The second kappa shape index (κ2) is 7.48. The number of carboxylic acids is 1. The molecular weight excluding hydrogens is 246 g/mol. The van der Waals surface area contributed by atoms with Crippen molar-refractivity contribution in [3.05, 3.63) is 0 Å². The Labute approximate surface area is 114 Å². The van der Waals surface area contributed by atoms with Crippen molar-refractivity contribution in [2.45, 2.75) is 58.6 Å². The van der Waals surface area contributed by atoms with Crippen molar-refractivity contribution in [3.8, 4) is 0 Å². The van der Waals surface area contributed by atoms with Crippen molar-refractivity contribution < 1.29 is 19.4 Å². The third-order valence-electron chi connectivity index (χ3n) is 3.41. The van der Waals surface area contributed by atoms with Gasteiger partial charge in [-0.2, -0.15) is 0 Å². The molecule has 19 heavy (non-hydrogen) atoms. The van der Waals surface area contributed by atoms with Crippen LogP contribution in [0.2, 0.25) is 0 Å². The first-order chi connectivity index (χ1) is 8.92. The van der Waals surface area contributed by atoms with Gasteiger partial charge in [0.15, 0.2) is 0 Å². The maximum Gasteiger partial charge on any atom is 0.326 e. The molecule has 0 aliphatic heterocycles. The molecule has 0 radical (unpaired) electrons. The molecule has 1 fully saturated rings. The zero-order valence-corrected chi connectivity index (χ0v) is 12.0. The largest absolute Gasteiger partial charge is 0.480 e. The summed E-state index contributed by atoms with van der Waals surface area (Å²) in [7, 11) is 0. The van der Waals surface area contributed by atoms with E-state index in [-0.39, 0.29) is 17.9 Å². The third-order valence-corrected chi connectivity index (χ3v) is 3.41. The van der Waals surface area contributed by atoms with Gasteiger partial charge in [-0.25, -0.2) is 4.79 Å². The first-order valence-corrected chi connectivity index (χ1v) is 7.06. The van der Waals surface area contributed by atoms with E-state index in [0.29, 0.717) is 25.4 Å².